The quantitative estimate of drug-likeness (QED) is 0.834. The summed E-state index contributed by atoms with van der Waals surface area (Å²) in [7, 11) is 0. The van der Waals surface area contributed by atoms with Gasteiger partial charge >= 0.3 is 0 Å². The zero-order valence-corrected chi connectivity index (χ0v) is 10.4. The number of nitriles is 1. The molecule has 0 saturated carbocycles. The second-order valence-corrected chi connectivity index (χ2v) is 4.53. The third-order valence-electron chi connectivity index (χ3n) is 2.12. The molecule has 0 unspecified atom stereocenters. The molecule has 4 nitrogen and oxygen atoms in total. The minimum atomic E-state index is 0.0177. The van der Waals surface area contributed by atoms with Gasteiger partial charge in [-0.1, -0.05) is 10.6 Å². The van der Waals surface area contributed by atoms with Crippen LogP contribution in [0.15, 0.2) is 24.4 Å². The molecule has 0 amide bonds. The van der Waals surface area contributed by atoms with Crippen molar-refractivity contribution in [1.29, 1.82) is 5.26 Å². The van der Waals surface area contributed by atoms with Crippen LogP contribution in [0.25, 0.3) is 10.4 Å². The van der Waals surface area contributed by atoms with Crippen molar-refractivity contribution in [1.82, 2.24) is 9.59 Å². The van der Waals surface area contributed by atoms with Gasteiger partial charge in [-0.2, -0.15) is 5.26 Å². The lowest BCUT2D eigenvalue weighted by atomic mass is 10.1. The molecule has 1 aromatic carbocycles. The molecular weight excluding hydrogens is 234 g/mol. The number of hydrogen-bond donors (Lipinski definition) is 0. The van der Waals surface area contributed by atoms with E-state index in [1.54, 1.807) is 12.3 Å². The van der Waals surface area contributed by atoms with Crippen LogP contribution >= 0.6 is 11.5 Å². The van der Waals surface area contributed by atoms with Crippen LogP contribution in [-0.4, -0.2) is 15.7 Å². The molecule has 17 heavy (non-hydrogen) atoms. The molecule has 0 atom stereocenters. The second-order valence-electron chi connectivity index (χ2n) is 3.74. The van der Waals surface area contributed by atoms with Gasteiger partial charge in [-0.15, -0.1) is 5.10 Å². The maximum atomic E-state index is 9.10. The monoisotopic (exact) mass is 245 g/mol. The lowest BCUT2D eigenvalue weighted by Crippen LogP contribution is -2.07. The molecule has 0 aliphatic heterocycles. The highest BCUT2D eigenvalue weighted by Crippen LogP contribution is 2.34. The van der Waals surface area contributed by atoms with E-state index in [0.717, 1.165) is 10.4 Å². The maximum absolute atomic E-state index is 9.10. The molecule has 0 radical (unpaired) electrons. The molecule has 1 aromatic heterocycles. The molecule has 1 heterocycles. The summed E-state index contributed by atoms with van der Waals surface area (Å²) < 4.78 is 9.55. The van der Waals surface area contributed by atoms with Crippen molar-refractivity contribution in [2.45, 2.75) is 20.0 Å². The largest absolute Gasteiger partial charge is 0.489 e. The Morgan fingerprint density at radius 2 is 2.24 bits per heavy atom. The predicted octanol–water partition coefficient (Wildman–Crippen LogP) is 2.86. The minimum absolute atomic E-state index is 0.0177. The van der Waals surface area contributed by atoms with Gasteiger partial charge in [-0.05, 0) is 37.5 Å². The molecule has 0 spiro atoms. The molecule has 0 bridgehead atoms. The fourth-order valence-corrected chi connectivity index (χ4v) is 2.00. The van der Waals surface area contributed by atoms with Crippen molar-refractivity contribution in [2.75, 3.05) is 0 Å². The van der Waals surface area contributed by atoms with E-state index in [-0.39, 0.29) is 6.10 Å². The molecule has 0 fully saturated rings. The van der Waals surface area contributed by atoms with Gasteiger partial charge in [0.2, 0.25) is 0 Å². The van der Waals surface area contributed by atoms with Crippen LogP contribution < -0.4 is 4.74 Å². The summed E-state index contributed by atoms with van der Waals surface area (Å²) in [6.07, 6.45) is 1.69. The number of hydrogen-bond acceptors (Lipinski definition) is 5. The second kappa shape index (κ2) is 4.93. The summed E-state index contributed by atoms with van der Waals surface area (Å²) in [6, 6.07) is 7.63. The lowest BCUT2D eigenvalue weighted by molar-refractivity contribution is 0.243. The third kappa shape index (κ3) is 2.43. The van der Waals surface area contributed by atoms with Gasteiger partial charge in [0.05, 0.1) is 22.7 Å². The highest BCUT2D eigenvalue weighted by Gasteiger charge is 2.14. The molecule has 0 N–H and O–H groups in total. The minimum Gasteiger partial charge on any atom is -0.489 e. The first kappa shape index (κ1) is 11.6. The highest BCUT2D eigenvalue weighted by molar-refractivity contribution is 7.09. The molecule has 5 heteroatoms. The van der Waals surface area contributed by atoms with Crippen molar-refractivity contribution < 1.29 is 4.74 Å². The van der Waals surface area contributed by atoms with E-state index in [1.807, 2.05) is 26.0 Å². The Balaban J connectivity index is 2.55. The van der Waals surface area contributed by atoms with Crippen LogP contribution in [0.3, 0.4) is 0 Å². The SMILES string of the molecule is CC(C)Oc1c(C#N)cccc1-c1cnns1. The summed E-state index contributed by atoms with van der Waals surface area (Å²) in [4.78, 5) is 0.901. The van der Waals surface area contributed by atoms with Gasteiger partial charge in [0.25, 0.3) is 0 Å². The van der Waals surface area contributed by atoms with E-state index >= 15 is 0 Å². The van der Waals surface area contributed by atoms with Gasteiger partial charge in [0, 0.05) is 5.56 Å². The summed E-state index contributed by atoms with van der Waals surface area (Å²) in [5.41, 5.74) is 1.40. The first-order valence-electron chi connectivity index (χ1n) is 5.20. The molecule has 0 aliphatic rings. The average Bonchev–Trinajstić information content (AvgIpc) is 2.82. The van der Waals surface area contributed by atoms with Crippen molar-refractivity contribution in [2.24, 2.45) is 0 Å². The van der Waals surface area contributed by atoms with E-state index in [0.29, 0.717) is 11.3 Å². The molecule has 86 valence electrons. The Morgan fingerprint density at radius 1 is 1.41 bits per heavy atom. The standard InChI is InChI=1S/C12H11N3OS/c1-8(2)16-12-9(6-13)4-3-5-10(12)11-7-14-15-17-11/h3-5,7-8H,1-2H3. The fourth-order valence-electron chi connectivity index (χ4n) is 1.47. The number of para-hydroxylation sites is 1. The van der Waals surface area contributed by atoms with Gasteiger partial charge < -0.3 is 4.74 Å². The Hall–Kier alpha value is -1.93. The Kier molecular flexibility index (Phi) is 3.35. The number of rotatable bonds is 3. The van der Waals surface area contributed by atoms with E-state index < -0.39 is 0 Å². The average molecular weight is 245 g/mol. The van der Waals surface area contributed by atoms with Gasteiger partial charge in [-0.25, -0.2) is 0 Å². The Morgan fingerprint density at radius 3 is 2.82 bits per heavy atom. The Bertz CT molecular complexity index is 543. The molecule has 2 aromatic rings. The first-order valence-corrected chi connectivity index (χ1v) is 5.97. The lowest BCUT2D eigenvalue weighted by Gasteiger charge is -2.14. The van der Waals surface area contributed by atoms with Gasteiger partial charge in [0.1, 0.15) is 11.8 Å². The van der Waals surface area contributed by atoms with E-state index in [9.17, 15) is 0 Å². The van der Waals surface area contributed by atoms with E-state index in [4.69, 9.17) is 10.00 Å². The maximum Gasteiger partial charge on any atom is 0.146 e. The summed E-state index contributed by atoms with van der Waals surface area (Å²) >= 11 is 1.29. The van der Waals surface area contributed by atoms with Crippen LogP contribution in [0, 0.1) is 11.3 Å². The number of aromatic nitrogens is 2. The number of benzene rings is 1. The zero-order valence-electron chi connectivity index (χ0n) is 9.54. The summed E-state index contributed by atoms with van der Waals surface area (Å²) in [6.45, 7) is 3.87. The van der Waals surface area contributed by atoms with Crippen molar-refractivity contribution in [3.63, 3.8) is 0 Å². The number of ether oxygens (including phenoxy) is 1. The smallest absolute Gasteiger partial charge is 0.146 e. The highest BCUT2D eigenvalue weighted by atomic mass is 32.1. The number of nitrogens with zero attached hydrogens (tertiary/aromatic N) is 3. The summed E-state index contributed by atoms with van der Waals surface area (Å²) in [5.74, 6) is 0.607. The van der Waals surface area contributed by atoms with Gasteiger partial charge in [-0.3, -0.25) is 0 Å². The van der Waals surface area contributed by atoms with E-state index in [2.05, 4.69) is 15.7 Å². The normalized spacial score (nSPS) is 10.2. The van der Waals surface area contributed by atoms with Crippen LogP contribution in [0.2, 0.25) is 0 Å². The van der Waals surface area contributed by atoms with E-state index in [1.165, 1.54) is 11.5 Å². The van der Waals surface area contributed by atoms with Crippen molar-refractivity contribution in [3.8, 4) is 22.3 Å². The fraction of sp³-hybridized carbons (Fsp3) is 0.250. The third-order valence-corrected chi connectivity index (χ3v) is 2.81. The zero-order chi connectivity index (χ0) is 12.3. The Labute approximate surface area is 104 Å². The molecule has 0 saturated heterocycles. The van der Waals surface area contributed by atoms with Crippen LogP contribution in [0.4, 0.5) is 0 Å². The molecule has 0 aliphatic carbocycles. The van der Waals surface area contributed by atoms with Crippen LogP contribution in [-0.2, 0) is 0 Å². The predicted molar refractivity (Wildman–Crippen MR) is 65.8 cm³/mol. The topological polar surface area (TPSA) is 58.8 Å². The first-order chi connectivity index (χ1) is 8.22. The molecule has 2 rings (SSSR count). The molecular formula is C12H11N3OS. The van der Waals surface area contributed by atoms with Crippen LogP contribution in [0.5, 0.6) is 5.75 Å². The van der Waals surface area contributed by atoms with Gasteiger partial charge in [0.15, 0.2) is 0 Å². The van der Waals surface area contributed by atoms with Crippen LogP contribution in [0.1, 0.15) is 19.4 Å². The van der Waals surface area contributed by atoms with Crippen molar-refractivity contribution in [3.05, 3.63) is 30.0 Å². The summed E-state index contributed by atoms with van der Waals surface area (Å²) in [5, 5.41) is 12.9. The van der Waals surface area contributed by atoms with Crippen molar-refractivity contribution >= 4 is 11.5 Å².